The van der Waals surface area contributed by atoms with Gasteiger partial charge >= 0.3 is 0 Å². The molecule has 0 saturated carbocycles. The summed E-state index contributed by atoms with van der Waals surface area (Å²) in [4.78, 5) is 0. The summed E-state index contributed by atoms with van der Waals surface area (Å²) in [6.45, 7) is 3.45. The van der Waals surface area contributed by atoms with E-state index in [1.807, 2.05) is 23.9 Å². The smallest absolute Gasteiger partial charge is 0.123 e. The minimum Gasteiger partial charge on any atom is -0.344 e. The fourth-order valence-corrected chi connectivity index (χ4v) is 4.98. The minimum absolute atomic E-state index is 0.161. The van der Waals surface area contributed by atoms with Gasteiger partial charge < -0.3 is 9.88 Å². The van der Waals surface area contributed by atoms with Crippen LogP contribution in [0, 0.1) is 11.7 Å². The summed E-state index contributed by atoms with van der Waals surface area (Å²) in [5.41, 5.74) is 5.40. The number of aromatic nitrogens is 1. The van der Waals surface area contributed by atoms with E-state index in [0.29, 0.717) is 0 Å². The Hall–Kier alpha value is -1.26. The third kappa shape index (κ3) is 3.40. The SMILES string of the molecule is Fc1ccc(-c2cc3c(n2CCCC2CCNC2)CCSC3)cc1. The van der Waals surface area contributed by atoms with Gasteiger partial charge in [0, 0.05) is 23.7 Å². The van der Waals surface area contributed by atoms with E-state index in [1.165, 1.54) is 55.1 Å². The molecule has 0 spiro atoms. The van der Waals surface area contributed by atoms with Crippen LogP contribution in [0.1, 0.15) is 30.5 Å². The van der Waals surface area contributed by atoms with Crippen LogP contribution in [0.4, 0.5) is 4.39 Å². The van der Waals surface area contributed by atoms with Gasteiger partial charge in [0.05, 0.1) is 0 Å². The number of nitrogens with zero attached hydrogens (tertiary/aromatic N) is 1. The highest BCUT2D eigenvalue weighted by Gasteiger charge is 2.20. The second-order valence-corrected chi connectivity index (χ2v) is 8.07. The van der Waals surface area contributed by atoms with E-state index in [9.17, 15) is 4.39 Å². The fraction of sp³-hybridized carbons (Fsp3) is 0.500. The number of thioether (sulfide) groups is 1. The van der Waals surface area contributed by atoms with Crippen molar-refractivity contribution in [2.24, 2.45) is 5.92 Å². The van der Waals surface area contributed by atoms with Crippen LogP contribution in [0.5, 0.6) is 0 Å². The van der Waals surface area contributed by atoms with Crippen molar-refractivity contribution in [2.45, 2.75) is 38.0 Å². The van der Waals surface area contributed by atoms with E-state index >= 15 is 0 Å². The number of fused-ring (bicyclic) bond motifs is 1. The normalized spacial score (nSPS) is 20.3. The Morgan fingerprint density at radius 3 is 2.92 bits per heavy atom. The predicted octanol–water partition coefficient (Wildman–Crippen LogP) is 4.47. The Bertz CT molecular complexity index is 686. The van der Waals surface area contributed by atoms with Gasteiger partial charge in [-0.1, -0.05) is 0 Å². The monoisotopic (exact) mass is 344 g/mol. The lowest BCUT2D eigenvalue weighted by Gasteiger charge is -2.18. The molecule has 1 aromatic carbocycles. The molecule has 24 heavy (non-hydrogen) atoms. The first kappa shape index (κ1) is 16.2. The Labute approximate surface area is 147 Å². The van der Waals surface area contributed by atoms with Gasteiger partial charge in [-0.3, -0.25) is 0 Å². The van der Waals surface area contributed by atoms with Gasteiger partial charge in [-0.15, -0.1) is 0 Å². The van der Waals surface area contributed by atoms with Gasteiger partial charge in [0.15, 0.2) is 0 Å². The van der Waals surface area contributed by atoms with Crippen molar-refractivity contribution in [1.29, 1.82) is 0 Å². The highest BCUT2D eigenvalue weighted by molar-refractivity contribution is 7.98. The Morgan fingerprint density at radius 2 is 2.12 bits per heavy atom. The van der Waals surface area contributed by atoms with Crippen LogP contribution in [-0.4, -0.2) is 23.4 Å². The van der Waals surface area contributed by atoms with Crippen LogP contribution in [0.2, 0.25) is 0 Å². The van der Waals surface area contributed by atoms with Crippen molar-refractivity contribution in [3.05, 3.63) is 47.4 Å². The molecular formula is C20H25FN2S. The van der Waals surface area contributed by atoms with E-state index in [4.69, 9.17) is 0 Å². The maximum absolute atomic E-state index is 13.3. The van der Waals surface area contributed by atoms with Crippen LogP contribution in [0.25, 0.3) is 11.3 Å². The highest BCUT2D eigenvalue weighted by Crippen LogP contribution is 2.33. The minimum atomic E-state index is -0.161. The van der Waals surface area contributed by atoms with Crippen molar-refractivity contribution < 1.29 is 4.39 Å². The Balaban J connectivity index is 1.57. The summed E-state index contributed by atoms with van der Waals surface area (Å²) in [5.74, 6) is 3.02. The van der Waals surface area contributed by atoms with Gasteiger partial charge in [0.2, 0.25) is 0 Å². The summed E-state index contributed by atoms with van der Waals surface area (Å²) < 4.78 is 15.8. The Kier molecular flexibility index (Phi) is 4.95. The molecule has 2 aromatic rings. The van der Waals surface area contributed by atoms with Gasteiger partial charge in [0.25, 0.3) is 0 Å². The summed E-state index contributed by atoms with van der Waals surface area (Å²) >= 11 is 2.02. The molecule has 1 atom stereocenters. The van der Waals surface area contributed by atoms with E-state index in [-0.39, 0.29) is 5.82 Å². The standard InChI is InChI=1S/C20H25FN2S/c21-18-5-3-16(4-6-18)20-12-17-14-24-11-8-19(17)23(20)10-1-2-15-7-9-22-13-15/h3-6,12,15,22H,1-2,7-11,13-14H2. The summed E-state index contributed by atoms with van der Waals surface area (Å²) in [6, 6.07) is 9.32. The molecule has 1 saturated heterocycles. The molecule has 2 nitrogen and oxygen atoms in total. The van der Waals surface area contributed by atoms with E-state index < -0.39 is 0 Å². The molecule has 2 aliphatic heterocycles. The molecule has 4 heteroatoms. The maximum Gasteiger partial charge on any atom is 0.123 e. The number of nitrogens with one attached hydrogen (secondary N) is 1. The van der Waals surface area contributed by atoms with Crippen LogP contribution in [0.15, 0.2) is 30.3 Å². The molecule has 1 aromatic heterocycles. The van der Waals surface area contributed by atoms with Crippen molar-refractivity contribution in [3.8, 4) is 11.3 Å². The fourth-order valence-electron chi connectivity index (χ4n) is 4.03. The van der Waals surface area contributed by atoms with E-state index in [1.54, 1.807) is 12.1 Å². The molecule has 3 heterocycles. The molecule has 0 amide bonds. The zero-order valence-corrected chi connectivity index (χ0v) is 14.9. The number of halogens is 1. The molecule has 0 radical (unpaired) electrons. The first-order valence-corrected chi connectivity index (χ1v) is 10.2. The van der Waals surface area contributed by atoms with Crippen molar-refractivity contribution in [1.82, 2.24) is 9.88 Å². The van der Waals surface area contributed by atoms with E-state index in [2.05, 4.69) is 16.0 Å². The summed E-state index contributed by atoms with van der Waals surface area (Å²) in [5, 5.41) is 3.46. The second-order valence-electron chi connectivity index (χ2n) is 6.96. The van der Waals surface area contributed by atoms with Gasteiger partial charge in [-0.05, 0) is 91.9 Å². The lowest BCUT2D eigenvalue weighted by Crippen LogP contribution is -2.12. The molecule has 0 bridgehead atoms. The maximum atomic E-state index is 13.3. The summed E-state index contributed by atoms with van der Waals surface area (Å²) in [7, 11) is 0. The molecule has 1 fully saturated rings. The van der Waals surface area contributed by atoms with Gasteiger partial charge in [0.1, 0.15) is 5.82 Å². The largest absolute Gasteiger partial charge is 0.344 e. The molecule has 2 aliphatic rings. The quantitative estimate of drug-likeness (QED) is 0.862. The third-order valence-electron chi connectivity index (χ3n) is 5.34. The van der Waals surface area contributed by atoms with Crippen LogP contribution < -0.4 is 5.32 Å². The van der Waals surface area contributed by atoms with Gasteiger partial charge in [-0.25, -0.2) is 4.39 Å². The van der Waals surface area contributed by atoms with Crippen LogP contribution in [-0.2, 0) is 18.7 Å². The number of benzene rings is 1. The van der Waals surface area contributed by atoms with Crippen molar-refractivity contribution >= 4 is 11.8 Å². The first-order valence-electron chi connectivity index (χ1n) is 9.07. The van der Waals surface area contributed by atoms with E-state index in [0.717, 1.165) is 30.2 Å². The predicted molar refractivity (Wildman–Crippen MR) is 99.9 cm³/mol. The second kappa shape index (κ2) is 7.32. The molecule has 0 aliphatic carbocycles. The Morgan fingerprint density at radius 1 is 1.25 bits per heavy atom. The lowest BCUT2D eigenvalue weighted by atomic mass is 10.0. The first-order chi connectivity index (χ1) is 11.8. The zero-order chi connectivity index (χ0) is 16.4. The van der Waals surface area contributed by atoms with Crippen LogP contribution >= 0.6 is 11.8 Å². The molecule has 4 rings (SSSR count). The summed E-state index contributed by atoms with van der Waals surface area (Å²) in [6.07, 6.45) is 5.02. The van der Waals surface area contributed by atoms with Gasteiger partial charge in [-0.2, -0.15) is 11.8 Å². The molecule has 1 N–H and O–H groups in total. The topological polar surface area (TPSA) is 17.0 Å². The molecule has 128 valence electrons. The number of hydrogen-bond donors (Lipinski definition) is 1. The molecule has 1 unspecified atom stereocenters. The van der Waals surface area contributed by atoms with Crippen LogP contribution in [0.3, 0.4) is 0 Å². The molecular weight excluding hydrogens is 319 g/mol. The zero-order valence-electron chi connectivity index (χ0n) is 14.1. The number of rotatable bonds is 5. The average molecular weight is 344 g/mol. The number of hydrogen-bond acceptors (Lipinski definition) is 2. The average Bonchev–Trinajstić information content (AvgIpc) is 3.24. The lowest BCUT2D eigenvalue weighted by molar-refractivity contribution is 0.477. The van der Waals surface area contributed by atoms with Crippen molar-refractivity contribution in [3.63, 3.8) is 0 Å². The van der Waals surface area contributed by atoms with Crippen molar-refractivity contribution in [2.75, 3.05) is 18.8 Å². The highest BCUT2D eigenvalue weighted by atomic mass is 32.2. The third-order valence-corrected chi connectivity index (χ3v) is 6.34.